The fourth-order valence-corrected chi connectivity index (χ4v) is 2.49. The van der Waals surface area contributed by atoms with Gasteiger partial charge in [-0.1, -0.05) is 6.07 Å². The molecule has 4 heteroatoms. The predicted octanol–water partition coefficient (Wildman–Crippen LogP) is 2.12. The minimum absolute atomic E-state index is 0.311. The SMILES string of the molecule is CCNc1cccc(CN2CC(C)OC(C)C2)n1. The molecule has 1 fully saturated rings. The van der Waals surface area contributed by atoms with Gasteiger partial charge in [0, 0.05) is 26.2 Å². The number of nitrogens with zero attached hydrogens (tertiary/aromatic N) is 2. The molecule has 0 spiro atoms. The van der Waals surface area contributed by atoms with Crippen LogP contribution in [-0.4, -0.2) is 41.7 Å². The molecule has 0 saturated carbocycles. The van der Waals surface area contributed by atoms with Crippen LogP contribution in [0.5, 0.6) is 0 Å². The highest BCUT2D eigenvalue weighted by Crippen LogP contribution is 2.14. The summed E-state index contributed by atoms with van der Waals surface area (Å²) in [6, 6.07) is 6.16. The third-order valence-electron chi connectivity index (χ3n) is 3.05. The van der Waals surface area contributed by atoms with Crippen molar-refractivity contribution in [1.82, 2.24) is 9.88 Å². The van der Waals surface area contributed by atoms with Gasteiger partial charge in [-0.3, -0.25) is 4.90 Å². The molecule has 1 aromatic heterocycles. The van der Waals surface area contributed by atoms with E-state index >= 15 is 0 Å². The van der Waals surface area contributed by atoms with Crippen LogP contribution in [-0.2, 0) is 11.3 Å². The van der Waals surface area contributed by atoms with Crippen molar-refractivity contribution in [1.29, 1.82) is 0 Å². The Morgan fingerprint density at radius 3 is 2.72 bits per heavy atom. The van der Waals surface area contributed by atoms with Gasteiger partial charge in [-0.25, -0.2) is 4.98 Å². The number of nitrogens with one attached hydrogen (secondary N) is 1. The van der Waals surface area contributed by atoms with Crippen molar-refractivity contribution in [3.8, 4) is 0 Å². The van der Waals surface area contributed by atoms with Crippen LogP contribution in [0.15, 0.2) is 18.2 Å². The first-order valence-corrected chi connectivity index (χ1v) is 6.75. The number of aromatic nitrogens is 1. The molecule has 0 bridgehead atoms. The summed E-state index contributed by atoms with van der Waals surface area (Å²) in [6.45, 7) is 10.1. The van der Waals surface area contributed by atoms with E-state index in [1.165, 1.54) is 0 Å². The van der Waals surface area contributed by atoms with Gasteiger partial charge in [0.25, 0.3) is 0 Å². The number of hydrogen-bond donors (Lipinski definition) is 1. The topological polar surface area (TPSA) is 37.4 Å². The standard InChI is InChI=1S/C14H23N3O/c1-4-15-14-7-5-6-13(16-14)10-17-8-11(2)18-12(3)9-17/h5-7,11-12H,4,8-10H2,1-3H3,(H,15,16). The zero-order chi connectivity index (χ0) is 13.0. The molecular weight excluding hydrogens is 226 g/mol. The van der Waals surface area contributed by atoms with E-state index in [0.717, 1.165) is 37.7 Å². The van der Waals surface area contributed by atoms with Crippen molar-refractivity contribution in [2.24, 2.45) is 0 Å². The molecule has 2 unspecified atom stereocenters. The van der Waals surface area contributed by atoms with Crippen molar-refractivity contribution in [2.45, 2.75) is 39.5 Å². The number of hydrogen-bond acceptors (Lipinski definition) is 4. The van der Waals surface area contributed by atoms with Crippen LogP contribution in [0.4, 0.5) is 5.82 Å². The summed E-state index contributed by atoms with van der Waals surface area (Å²) in [5.74, 6) is 0.962. The lowest BCUT2D eigenvalue weighted by Crippen LogP contribution is -2.44. The fourth-order valence-electron chi connectivity index (χ4n) is 2.49. The van der Waals surface area contributed by atoms with Crippen LogP contribution in [0.3, 0.4) is 0 Å². The smallest absolute Gasteiger partial charge is 0.126 e. The quantitative estimate of drug-likeness (QED) is 0.887. The first-order valence-electron chi connectivity index (χ1n) is 6.75. The fraction of sp³-hybridized carbons (Fsp3) is 0.643. The lowest BCUT2D eigenvalue weighted by Gasteiger charge is -2.35. The van der Waals surface area contributed by atoms with Gasteiger partial charge in [0.15, 0.2) is 0 Å². The van der Waals surface area contributed by atoms with Gasteiger partial charge in [0.05, 0.1) is 17.9 Å². The van der Waals surface area contributed by atoms with Gasteiger partial charge in [0.2, 0.25) is 0 Å². The lowest BCUT2D eigenvalue weighted by atomic mass is 10.2. The van der Waals surface area contributed by atoms with E-state index in [1.54, 1.807) is 0 Å². The molecule has 18 heavy (non-hydrogen) atoms. The van der Waals surface area contributed by atoms with Crippen LogP contribution in [0.25, 0.3) is 0 Å². The summed E-state index contributed by atoms with van der Waals surface area (Å²) in [6.07, 6.45) is 0.622. The zero-order valence-electron chi connectivity index (χ0n) is 11.5. The highest BCUT2D eigenvalue weighted by atomic mass is 16.5. The summed E-state index contributed by atoms with van der Waals surface area (Å²) in [7, 11) is 0. The molecule has 2 rings (SSSR count). The van der Waals surface area contributed by atoms with Crippen molar-refractivity contribution < 1.29 is 4.74 Å². The number of pyridine rings is 1. The molecule has 2 heterocycles. The molecule has 0 amide bonds. The Morgan fingerprint density at radius 2 is 2.06 bits per heavy atom. The van der Waals surface area contributed by atoms with Crippen LogP contribution in [0.2, 0.25) is 0 Å². The second kappa shape index (κ2) is 6.16. The van der Waals surface area contributed by atoms with E-state index in [-0.39, 0.29) is 0 Å². The Bertz CT molecular complexity index is 373. The first kappa shape index (κ1) is 13.3. The van der Waals surface area contributed by atoms with Gasteiger partial charge in [-0.05, 0) is 32.9 Å². The molecule has 4 nitrogen and oxygen atoms in total. The van der Waals surface area contributed by atoms with E-state index in [9.17, 15) is 0 Å². The maximum atomic E-state index is 5.74. The number of morpholine rings is 1. The molecule has 1 aliphatic heterocycles. The van der Waals surface area contributed by atoms with Gasteiger partial charge in [-0.2, -0.15) is 0 Å². The highest BCUT2D eigenvalue weighted by molar-refractivity contribution is 5.34. The average molecular weight is 249 g/mol. The number of ether oxygens (including phenoxy) is 1. The molecule has 0 aliphatic carbocycles. The van der Waals surface area contributed by atoms with Crippen molar-refractivity contribution >= 4 is 5.82 Å². The summed E-state index contributed by atoms with van der Waals surface area (Å²) in [5.41, 5.74) is 1.12. The Balaban J connectivity index is 1.97. The molecule has 0 aromatic carbocycles. The second-order valence-electron chi connectivity index (χ2n) is 5.00. The third kappa shape index (κ3) is 3.68. The molecule has 0 radical (unpaired) electrons. The normalized spacial score (nSPS) is 25.1. The summed E-state index contributed by atoms with van der Waals surface area (Å²) < 4.78 is 5.74. The molecule has 100 valence electrons. The summed E-state index contributed by atoms with van der Waals surface area (Å²) >= 11 is 0. The minimum atomic E-state index is 0.311. The van der Waals surface area contributed by atoms with Gasteiger partial charge in [-0.15, -0.1) is 0 Å². The Kier molecular flexibility index (Phi) is 4.55. The monoisotopic (exact) mass is 249 g/mol. The highest BCUT2D eigenvalue weighted by Gasteiger charge is 2.22. The van der Waals surface area contributed by atoms with Crippen LogP contribution < -0.4 is 5.32 Å². The van der Waals surface area contributed by atoms with Crippen LogP contribution in [0.1, 0.15) is 26.5 Å². The molecule has 1 saturated heterocycles. The zero-order valence-corrected chi connectivity index (χ0v) is 11.5. The van der Waals surface area contributed by atoms with Crippen molar-refractivity contribution in [3.63, 3.8) is 0 Å². The minimum Gasteiger partial charge on any atom is -0.373 e. The average Bonchev–Trinajstić information content (AvgIpc) is 2.28. The molecule has 1 N–H and O–H groups in total. The third-order valence-corrected chi connectivity index (χ3v) is 3.05. The van der Waals surface area contributed by atoms with Gasteiger partial charge in [0.1, 0.15) is 5.82 Å². The maximum absolute atomic E-state index is 5.74. The second-order valence-corrected chi connectivity index (χ2v) is 5.00. The lowest BCUT2D eigenvalue weighted by molar-refractivity contribution is -0.0707. The Hall–Kier alpha value is -1.13. The number of anilines is 1. The largest absolute Gasteiger partial charge is 0.373 e. The van der Waals surface area contributed by atoms with Crippen molar-refractivity contribution in [3.05, 3.63) is 23.9 Å². The Labute approximate surface area is 109 Å². The first-order chi connectivity index (χ1) is 8.67. The Morgan fingerprint density at radius 1 is 1.33 bits per heavy atom. The molecule has 1 aliphatic rings. The van der Waals surface area contributed by atoms with E-state index in [1.807, 2.05) is 6.07 Å². The molecule has 2 atom stereocenters. The van der Waals surface area contributed by atoms with E-state index in [2.05, 4.69) is 48.1 Å². The predicted molar refractivity (Wildman–Crippen MR) is 73.7 cm³/mol. The number of rotatable bonds is 4. The molecular formula is C14H23N3O. The molecule has 1 aromatic rings. The van der Waals surface area contributed by atoms with Crippen LogP contribution in [0, 0.1) is 0 Å². The van der Waals surface area contributed by atoms with Crippen molar-refractivity contribution in [2.75, 3.05) is 25.0 Å². The summed E-state index contributed by atoms with van der Waals surface area (Å²) in [5, 5.41) is 3.25. The van der Waals surface area contributed by atoms with Gasteiger partial charge >= 0.3 is 0 Å². The van der Waals surface area contributed by atoms with Gasteiger partial charge < -0.3 is 10.1 Å². The van der Waals surface area contributed by atoms with E-state index in [4.69, 9.17) is 4.74 Å². The van der Waals surface area contributed by atoms with E-state index in [0.29, 0.717) is 12.2 Å². The van der Waals surface area contributed by atoms with Crippen LogP contribution >= 0.6 is 0 Å². The summed E-state index contributed by atoms with van der Waals surface area (Å²) in [4.78, 5) is 7.03. The maximum Gasteiger partial charge on any atom is 0.126 e. The van der Waals surface area contributed by atoms with E-state index < -0.39 is 0 Å².